The van der Waals surface area contributed by atoms with Crippen LogP contribution in [0.25, 0.3) is 0 Å². The molecule has 3 atom stereocenters. The molecule has 2 fully saturated rings. The third kappa shape index (κ3) is 4.73. The van der Waals surface area contributed by atoms with Crippen LogP contribution in [-0.2, 0) is 24.7 Å². The highest BCUT2D eigenvalue weighted by Crippen LogP contribution is 2.30. The lowest BCUT2D eigenvalue weighted by Crippen LogP contribution is -2.46. The van der Waals surface area contributed by atoms with Gasteiger partial charge in [-0.05, 0) is 62.3 Å². The molecule has 2 aliphatic rings. The first-order valence-electron chi connectivity index (χ1n) is 9.45. The number of hydrogen-bond donors (Lipinski definition) is 2. The number of rotatable bonds is 6. The Bertz CT molecular complexity index is 922. The minimum atomic E-state index is -3.77. The number of carbonyl (C=O) groups is 1. The molecule has 1 aliphatic heterocycles. The Balaban J connectivity index is 1.61. The average Bonchev–Trinajstić information content (AvgIpc) is 3.31. The highest BCUT2D eigenvalue weighted by Gasteiger charge is 2.36. The molecular weight excluding hydrogens is 402 g/mol. The van der Waals surface area contributed by atoms with Gasteiger partial charge in [0.2, 0.25) is 15.9 Å². The van der Waals surface area contributed by atoms with E-state index in [1.165, 1.54) is 24.3 Å². The molecule has 0 radical (unpaired) electrons. The number of nitrogens with one attached hydrogen (secondary N) is 1. The Morgan fingerprint density at radius 3 is 2.21 bits per heavy atom. The number of nitrogens with zero attached hydrogens (tertiary/aromatic N) is 1. The lowest BCUT2D eigenvalue weighted by Gasteiger charge is -2.24. The van der Waals surface area contributed by atoms with Crippen molar-refractivity contribution in [1.82, 2.24) is 9.62 Å². The van der Waals surface area contributed by atoms with Crippen molar-refractivity contribution in [3.8, 4) is 0 Å². The minimum Gasteiger partial charge on any atom is -0.341 e. The van der Waals surface area contributed by atoms with E-state index in [0.717, 1.165) is 32.2 Å². The van der Waals surface area contributed by atoms with Crippen LogP contribution >= 0.6 is 0 Å². The number of benzene rings is 1. The van der Waals surface area contributed by atoms with Gasteiger partial charge in [-0.25, -0.2) is 21.6 Å². The van der Waals surface area contributed by atoms with E-state index in [0.29, 0.717) is 19.3 Å². The smallest absolute Gasteiger partial charge is 0.240 e. The van der Waals surface area contributed by atoms with Crippen LogP contribution < -0.4 is 10.5 Å². The molecular formula is C18H27N3O5S2. The molecule has 1 heterocycles. The summed E-state index contributed by atoms with van der Waals surface area (Å²) in [5, 5.41) is 0. The van der Waals surface area contributed by atoms with E-state index in [-0.39, 0.29) is 27.7 Å². The second-order valence-electron chi connectivity index (χ2n) is 7.69. The summed E-state index contributed by atoms with van der Waals surface area (Å²) in [4.78, 5) is 14.4. The quantitative estimate of drug-likeness (QED) is 0.677. The van der Waals surface area contributed by atoms with Crippen molar-refractivity contribution in [3.05, 3.63) is 24.3 Å². The fourth-order valence-electron chi connectivity index (χ4n) is 3.95. The number of carbonyl (C=O) groups excluding carboxylic acids is 1. The van der Waals surface area contributed by atoms with Crippen LogP contribution in [0.5, 0.6) is 0 Å². The molecule has 1 saturated carbocycles. The van der Waals surface area contributed by atoms with E-state index in [4.69, 9.17) is 5.73 Å². The molecule has 1 amide bonds. The molecule has 0 unspecified atom stereocenters. The number of sulfonamides is 1. The first-order chi connectivity index (χ1) is 13.1. The van der Waals surface area contributed by atoms with Crippen LogP contribution in [0.3, 0.4) is 0 Å². The molecule has 28 heavy (non-hydrogen) atoms. The van der Waals surface area contributed by atoms with Gasteiger partial charge in [0.25, 0.3) is 0 Å². The van der Waals surface area contributed by atoms with Gasteiger partial charge in [0.15, 0.2) is 9.84 Å². The number of sulfone groups is 1. The predicted molar refractivity (Wildman–Crippen MR) is 105 cm³/mol. The van der Waals surface area contributed by atoms with Crippen molar-refractivity contribution in [2.24, 2.45) is 11.7 Å². The van der Waals surface area contributed by atoms with Gasteiger partial charge in [-0.3, -0.25) is 4.79 Å². The third-order valence-electron chi connectivity index (χ3n) is 5.57. The predicted octanol–water partition coefficient (Wildman–Crippen LogP) is 0.487. The van der Waals surface area contributed by atoms with Gasteiger partial charge < -0.3 is 10.6 Å². The summed E-state index contributed by atoms with van der Waals surface area (Å²) in [6, 6.07) is 4.25. The largest absolute Gasteiger partial charge is 0.341 e. The van der Waals surface area contributed by atoms with E-state index < -0.39 is 25.9 Å². The lowest BCUT2D eigenvalue weighted by molar-refractivity contribution is -0.132. The standard InChI is InChI=1S/C18H27N3O5S2/c1-27(23,24)15-6-8-16(9-7-15)28(25,26)20-14-5-4-13(12-14)17(19)18(22)21-10-2-3-11-21/h6-9,13-14,17,20H,2-5,10-12,19H2,1H3/t13-,14+,17+/m1/s1. The van der Waals surface area contributed by atoms with E-state index in [1.54, 1.807) is 4.90 Å². The highest BCUT2D eigenvalue weighted by molar-refractivity contribution is 7.90. The molecule has 1 aliphatic carbocycles. The van der Waals surface area contributed by atoms with Gasteiger partial charge in [-0.1, -0.05) is 0 Å². The zero-order valence-electron chi connectivity index (χ0n) is 15.9. The Labute approximate surface area is 166 Å². The van der Waals surface area contributed by atoms with Crippen LogP contribution in [0.2, 0.25) is 0 Å². The summed E-state index contributed by atoms with van der Waals surface area (Å²) in [7, 11) is -7.16. The summed E-state index contributed by atoms with van der Waals surface area (Å²) in [6.45, 7) is 1.50. The zero-order chi connectivity index (χ0) is 20.5. The minimum absolute atomic E-state index is 0.0146. The number of nitrogens with two attached hydrogens (primary N) is 1. The Morgan fingerprint density at radius 1 is 1.07 bits per heavy atom. The Morgan fingerprint density at radius 2 is 1.64 bits per heavy atom. The van der Waals surface area contributed by atoms with Gasteiger partial charge >= 0.3 is 0 Å². The van der Waals surface area contributed by atoms with Crippen LogP contribution in [0.1, 0.15) is 32.1 Å². The summed E-state index contributed by atoms with van der Waals surface area (Å²) >= 11 is 0. The molecule has 8 nitrogen and oxygen atoms in total. The van der Waals surface area contributed by atoms with Crippen LogP contribution in [-0.4, -0.2) is 59.1 Å². The molecule has 0 bridgehead atoms. The maximum absolute atomic E-state index is 12.6. The van der Waals surface area contributed by atoms with Gasteiger partial charge in [-0.2, -0.15) is 0 Å². The van der Waals surface area contributed by atoms with E-state index in [1.807, 2.05) is 0 Å². The normalized spacial score (nSPS) is 24.4. The van der Waals surface area contributed by atoms with E-state index in [2.05, 4.69) is 4.72 Å². The lowest BCUT2D eigenvalue weighted by atomic mass is 9.97. The maximum atomic E-state index is 12.6. The SMILES string of the molecule is CS(=O)(=O)c1ccc(S(=O)(=O)N[C@H]2CC[C@@H]([C@H](N)C(=O)N3CCCC3)C2)cc1. The van der Waals surface area contributed by atoms with Crippen LogP contribution in [0, 0.1) is 5.92 Å². The first kappa shape index (κ1) is 21.2. The molecule has 10 heteroatoms. The molecule has 156 valence electrons. The third-order valence-corrected chi connectivity index (χ3v) is 8.23. The molecule has 0 spiro atoms. The fraction of sp³-hybridized carbons (Fsp3) is 0.611. The number of likely N-dealkylation sites (tertiary alicyclic amines) is 1. The summed E-state index contributed by atoms with van der Waals surface area (Å²) in [6.07, 6.45) is 4.90. The molecule has 1 aromatic rings. The van der Waals surface area contributed by atoms with Crippen molar-refractivity contribution in [2.45, 2.75) is 54.0 Å². The molecule has 3 rings (SSSR count). The number of hydrogen-bond acceptors (Lipinski definition) is 6. The van der Waals surface area contributed by atoms with Gasteiger partial charge in [0, 0.05) is 25.4 Å². The van der Waals surface area contributed by atoms with E-state index >= 15 is 0 Å². The second kappa shape index (κ2) is 8.10. The molecule has 1 aromatic carbocycles. The van der Waals surface area contributed by atoms with E-state index in [9.17, 15) is 21.6 Å². The summed E-state index contributed by atoms with van der Waals surface area (Å²) in [5.74, 6) is -0.0872. The zero-order valence-corrected chi connectivity index (χ0v) is 17.5. The summed E-state index contributed by atoms with van der Waals surface area (Å²) < 4.78 is 50.9. The van der Waals surface area contributed by atoms with Gasteiger partial charge in [0.1, 0.15) is 0 Å². The Kier molecular flexibility index (Phi) is 6.14. The maximum Gasteiger partial charge on any atom is 0.240 e. The van der Waals surface area contributed by atoms with Crippen molar-refractivity contribution in [1.29, 1.82) is 0 Å². The van der Waals surface area contributed by atoms with Gasteiger partial charge in [-0.15, -0.1) is 0 Å². The molecule has 0 aromatic heterocycles. The average molecular weight is 430 g/mol. The van der Waals surface area contributed by atoms with Gasteiger partial charge in [0.05, 0.1) is 15.8 Å². The summed E-state index contributed by atoms with van der Waals surface area (Å²) in [5.41, 5.74) is 6.17. The van der Waals surface area contributed by atoms with Crippen molar-refractivity contribution >= 4 is 25.8 Å². The first-order valence-corrected chi connectivity index (χ1v) is 12.8. The number of amides is 1. The van der Waals surface area contributed by atoms with Crippen molar-refractivity contribution in [3.63, 3.8) is 0 Å². The fourth-order valence-corrected chi connectivity index (χ4v) is 5.87. The highest BCUT2D eigenvalue weighted by atomic mass is 32.2. The van der Waals surface area contributed by atoms with Crippen LogP contribution in [0.4, 0.5) is 0 Å². The second-order valence-corrected chi connectivity index (χ2v) is 11.4. The van der Waals surface area contributed by atoms with Crippen molar-refractivity contribution < 1.29 is 21.6 Å². The molecule has 3 N–H and O–H groups in total. The monoisotopic (exact) mass is 429 g/mol. The topological polar surface area (TPSA) is 127 Å². The van der Waals surface area contributed by atoms with Crippen molar-refractivity contribution in [2.75, 3.05) is 19.3 Å². The Hall–Kier alpha value is -1.49. The van der Waals surface area contributed by atoms with Crippen LogP contribution in [0.15, 0.2) is 34.1 Å². The molecule has 1 saturated heterocycles.